The molecule has 0 fully saturated rings. The molecule has 1 aromatic heterocycles. The third-order valence-electron chi connectivity index (χ3n) is 3.16. The van der Waals surface area contributed by atoms with Crippen LogP contribution < -0.4 is 0 Å². The second-order valence-electron chi connectivity index (χ2n) is 4.63. The van der Waals surface area contributed by atoms with E-state index >= 15 is 0 Å². The van der Waals surface area contributed by atoms with E-state index in [1.165, 1.54) is 12.1 Å². The van der Waals surface area contributed by atoms with Crippen LogP contribution in [0.25, 0.3) is 11.6 Å². The van der Waals surface area contributed by atoms with Crippen LogP contribution in [0.4, 0.5) is 5.69 Å². The van der Waals surface area contributed by atoms with Crippen molar-refractivity contribution in [3.63, 3.8) is 0 Å². The highest BCUT2D eigenvalue weighted by Crippen LogP contribution is 2.22. The van der Waals surface area contributed by atoms with Crippen molar-refractivity contribution in [1.82, 2.24) is 4.57 Å². The van der Waals surface area contributed by atoms with Crippen LogP contribution in [0, 0.1) is 10.1 Å². The van der Waals surface area contributed by atoms with Crippen LogP contribution in [0.15, 0.2) is 42.6 Å². The molecule has 0 N–H and O–H groups in total. The van der Waals surface area contributed by atoms with E-state index in [9.17, 15) is 14.9 Å². The minimum Gasteiger partial charge on any atom is -0.462 e. The monoisotopic (exact) mass is 300 g/mol. The highest BCUT2D eigenvalue weighted by Gasteiger charge is 2.15. The van der Waals surface area contributed by atoms with E-state index in [4.69, 9.17) is 4.74 Å². The summed E-state index contributed by atoms with van der Waals surface area (Å²) in [6, 6.07) is 9.56. The molecule has 2 aromatic rings. The summed E-state index contributed by atoms with van der Waals surface area (Å²) in [5, 5.41) is 10.7. The largest absolute Gasteiger partial charge is 0.462 e. The summed E-state index contributed by atoms with van der Waals surface area (Å²) in [6.45, 7) is 1.99. The number of hydrogen-bond donors (Lipinski definition) is 0. The molecular formula is C16H16N2O4. The SMILES string of the molecule is CCOC(=O)C(=Cc1cccn1C)c1ccc([N+](=O)[O-])cc1. The molecule has 6 nitrogen and oxygen atoms in total. The van der Waals surface area contributed by atoms with Crippen molar-refractivity contribution in [2.45, 2.75) is 6.92 Å². The van der Waals surface area contributed by atoms with Gasteiger partial charge in [0.25, 0.3) is 5.69 Å². The fourth-order valence-corrected chi connectivity index (χ4v) is 2.00. The molecule has 0 aliphatic carbocycles. The number of aryl methyl sites for hydroxylation is 1. The lowest BCUT2D eigenvalue weighted by atomic mass is 10.0. The maximum atomic E-state index is 12.2. The van der Waals surface area contributed by atoms with Crippen LogP contribution in [0.5, 0.6) is 0 Å². The summed E-state index contributed by atoms with van der Waals surface area (Å²) in [7, 11) is 1.87. The first kappa shape index (κ1) is 15.5. The van der Waals surface area contributed by atoms with Crippen LogP contribution in [-0.2, 0) is 16.6 Å². The highest BCUT2D eigenvalue weighted by molar-refractivity contribution is 6.21. The fourth-order valence-electron chi connectivity index (χ4n) is 2.00. The average Bonchev–Trinajstić information content (AvgIpc) is 2.90. The first-order chi connectivity index (χ1) is 10.5. The predicted octanol–water partition coefficient (Wildman–Crippen LogP) is 3.04. The Kier molecular flexibility index (Phi) is 4.73. The molecule has 0 amide bonds. The van der Waals surface area contributed by atoms with Crippen LogP contribution in [0.2, 0.25) is 0 Å². The zero-order valence-electron chi connectivity index (χ0n) is 12.4. The van der Waals surface area contributed by atoms with Gasteiger partial charge in [-0.2, -0.15) is 0 Å². The molecule has 114 valence electrons. The van der Waals surface area contributed by atoms with Crippen LogP contribution in [-0.4, -0.2) is 22.1 Å². The average molecular weight is 300 g/mol. The standard InChI is InChI=1S/C16H16N2O4/c1-3-22-16(19)15(11-14-5-4-10-17(14)2)12-6-8-13(9-7-12)18(20)21/h4-11H,3H2,1-2H3. The van der Waals surface area contributed by atoms with Crippen molar-refractivity contribution in [2.24, 2.45) is 7.05 Å². The number of aromatic nitrogens is 1. The van der Waals surface area contributed by atoms with Gasteiger partial charge >= 0.3 is 5.97 Å². The fraction of sp³-hybridized carbons (Fsp3) is 0.188. The Morgan fingerprint density at radius 1 is 1.32 bits per heavy atom. The van der Waals surface area contributed by atoms with Gasteiger partial charge in [0.15, 0.2) is 0 Å². The number of benzene rings is 1. The molecule has 0 aliphatic rings. The van der Waals surface area contributed by atoms with Crippen molar-refractivity contribution >= 4 is 23.3 Å². The number of esters is 1. The van der Waals surface area contributed by atoms with E-state index in [1.54, 1.807) is 25.1 Å². The number of non-ortho nitro benzene ring substituents is 1. The van der Waals surface area contributed by atoms with Gasteiger partial charge in [0.2, 0.25) is 0 Å². The van der Waals surface area contributed by atoms with E-state index in [0.29, 0.717) is 11.1 Å². The molecular weight excluding hydrogens is 284 g/mol. The van der Waals surface area contributed by atoms with Gasteiger partial charge in [0.1, 0.15) is 0 Å². The van der Waals surface area contributed by atoms with Crippen LogP contribution in [0.1, 0.15) is 18.2 Å². The minimum atomic E-state index is -0.477. The van der Waals surface area contributed by atoms with E-state index in [2.05, 4.69) is 0 Å². The molecule has 1 aromatic carbocycles. The van der Waals surface area contributed by atoms with E-state index in [1.807, 2.05) is 29.9 Å². The molecule has 0 saturated heterocycles. The number of rotatable bonds is 5. The number of carbonyl (C=O) groups is 1. The summed E-state index contributed by atoms with van der Waals surface area (Å²) in [5.74, 6) is -0.461. The molecule has 0 atom stereocenters. The summed E-state index contributed by atoms with van der Waals surface area (Å²) in [6.07, 6.45) is 3.57. The van der Waals surface area contributed by atoms with Crippen molar-refractivity contribution in [1.29, 1.82) is 0 Å². The third kappa shape index (κ3) is 3.41. The van der Waals surface area contributed by atoms with Crippen molar-refractivity contribution in [3.8, 4) is 0 Å². The van der Waals surface area contributed by atoms with Crippen molar-refractivity contribution in [3.05, 3.63) is 64.0 Å². The summed E-state index contributed by atoms with van der Waals surface area (Å²) in [5.41, 5.74) is 1.75. The van der Waals surface area contributed by atoms with Crippen LogP contribution >= 0.6 is 0 Å². The van der Waals surface area contributed by atoms with E-state index in [-0.39, 0.29) is 12.3 Å². The molecule has 2 rings (SSSR count). The molecule has 22 heavy (non-hydrogen) atoms. The predicted molar refractivity (Wildman–Crippen MR) is 83.0 cm³/mol. The van der Waals surface area contributed by atoms with Gasteiger partial charge < -0.3 is 9.30 Å². The molecule has 0 spiro atoms. The van der Waals surface area contributed by atoms with Gasteiger partial charge in [-0.05, 0) is 42.8 Å². The Morgan fingerprint density at radius 3 is 2.50 bits per heavy atom. The van der Waals surface area contributed by atoms with Gasteiger partial charge in [-0.15, -0.1) is 0 Å². The summed E-state index contributed by atoms with van der Waals surface area (Å²) in [4.78, 5) is 22.4. The smallest absolute Gasteiger partial charge is 0.338 e. The zero-order chi connectivity index (χ0) is 16.1. The number of nitro groups is 1. The second-order valence-corrected chi connectivity index (χ2v) is 4.63. The number of carbonyl (C=O) groups excluding carboxylic acids is 1. The lowest BCUT2D eigenvalue weighted by Crippen LogP contribution is -2.07. The van der Waals surface area contributed by atoms with Gasteiger partial charge in [0.05, 0.1) is 17.1 Å². The third-order valence-corrected chi connectivity index (χ3v) is 3.16. The Bertz CT molecular complexity index is 714. The Hall–Kier alpha value is -2.89. The Balaban J connectivity index is 2.44. The molecule has 0 unspecified atom stereocenters. The summed E-state index contributed by atoms with van der Waals surface area (Å²) >= 11 is 0. The van der Waals surface area contributed by atoms with E-state index < -0.39 is 10.9 Å². The molecule has 0 aliphatic heterocycles. The minimum absolute atomic E-state index is 0.0224. The first-order valence-electron chi connectivity index (χ1n) is 6.78. The number of nitrogens with zero attached hydrogens (tertiary/aromatic N) is 2. The van der Waals surface area contributed by atoms with Gasteiger partial charge in [-0.1, -0.05) is 0 Å². The maximum Gasteiger partial charge on any atom is 0.338 e. The second kappa shape index (κ2) is 6.71. The van der Waals surface area contributed by atoms with Gasteiger partial charge in [0, 0.05) is 31.1 Å². The van der Waals surface area contributed by atoms with Crippen molar-refractivity contribution < 1.29 is 14.5 Å². The maximum absolute atomic E-state index is 12.2. The molecule has 0 saturated carbocycles. The first-order valence-corrected chi connectivity index (χ1v) is 6.78. The molecule has 6 heteroatoms. The molecule has 0 radical (unpaired) electrons. The zero-order valence-corrected chi connectivity index (χ0v) is 12.4. The van der Waals surface area contributed by atoms with Gasteiger partial charge in [-0.25, -0.2) is 4.79 Å². The van der Waals surface area contributed by atoms with Gasteiger partial charge in [-0.3, -0.25) is 10.1 Å². The number of hydrogen-bond acceptors (Lipinski definition) is 4. The van der Waals surface area contributed by atoms with E-state index in [0.717, 1.165) is 5.69 Å². The lowest BCUT2D eigenvalue weighted by molar-refractivity contribution is -0.384. The highest BCUT2D eigenvalue weighted by atomic mass is 16.6. The molecule has 1 heterocycles. The number of ether oxygens (including phenoxy) is 1. The Morgan fingerprint density at radius 2 is 2.00 bits per heavy atom. The normalized spacial score (nSPS) is 11.3. The molecule has 0 bridgehead atoms. The number of nitro benzene ring substituents is 1. The van der Waals surface area contributed by atoms with Crippen molar-refractivity contribution in [2.75, 3.05) is 6.61 Å². The topological polar surface area (TPSA) is 74.4 Å². The lowest BCUT2D eigenvalue weighted by Gasteiger charge is -2.08. The quantitative estimate of drug-likeness (QED) is 0.368. The summed E-state index contributed by atoms with van der Waals surface area (Å²) < 4.78 is 6.94. The van der Waals surface area contributed by atoms with Crippen LogP contribution in [0.3, 0.4) is 0 Å². The Labute approximate surface area is 127 Å².